The van der Waals surface area contributed by atoms with Gasteiger partial charge in [0.05, 0.1) is 18.3 Å². The summed E-state index contributed by atoms with van der Waals surface area (Å²) in [5.74, 6) is -2.24. The van der Waals surface area contributed by atoms with Crippen LogP contribution in [0.3, 0.4) is 0 Å². The zero-order valence-corrected chi connectivity index (χ0v) is 16.1. The third-order valence-corrected chi connectivity index (χ3v) is 4.96. The number of nitrogens with one attached hydrogen (secondary N) is 2. The summed E-state index contributed by atoms with van der Waals surface area (Å²) in [5, 5.41) is 5.60. The number of nitrogens with zero attached hydrogens (tertiary/aromatic N) is 1. The maximum Gasteiger partial charge on any atom is 0.251 e. The molecule has 29 heavy (non-hydrogen) atoms. The van der Waals surface area contributed by atoms with Crippen molar-refractivity contribution in [3.05, 3.63) is 52.7 Å². The number of carbonyl (C=O) groups excluding carboxylic acids is 1. The van der Waals surface area contributed by atoms with E-state index in [1.165, 1.54) is 7.05 Å². The normalized spacial score (nSPS) is 16.9. The molecule has 2 aromatic heterocycles. The zero-order chi connectivity index (χ0) is 20.5. The molecule has 1 unspecified atom stereocenters. The first-order chi connectivity index (χ1) is 14.0. The Hall–Kier alpha value is -2.84. The van der Waals surface area contributed by atoms with Crippen molar-refractivity contribution in [2.45, 2.75) is 19.4 Å². The second kappa shape index (κ2) is 7.88. The Labute approximate surface area is 166 Å². The standard InChI is InChI=1S/C21H21F2N3O3/c1-11-5-17-19(26-9-11)14(8-13-10-25-3-4-28-13)20(29-17)18-15(22)6-12(7-16(18)23)21(27)24-2/h5-7,9,13,25H,3-4,8,10H2,1-2H3,(H,24,27). The van der Waals surface area contributed by atoms with Gasteiger partial charge in [0, 0.05) is 43.9 Å². The van der Waals surface area contributed by atoms with E-state index in [2.05, 4.69) is 15.6 Å². The highest BCUT2D eigenvalue weighted by molar-refractivity contribution is 5.95. The topological polar surface area (TPSA) is 76.4 Å². The quantitative estimate of drug-likeness (QED) is 0.703. The van der Waals surface area contributed by atoms with E-state index in [1.807, 2.05) is 6.92 Å². The fourth-order valence-electron chi connectivity index (χ4n) is 3.56. The van der Waals surface area contributed by atoms with Crippen LogP contribution in [0.5, 0.6) is 0 Å². The van der Waals surface area contributed by atoms with E-state index in [0.717, 1.165) is 24.2 Å². The van der Waals surface area contributed by atoms with Crippen molar-refractivity contribution >= 4 is 17.0 Å². The molecule has 1 saturated heterocycles. The van der Waals surface area contributed by atoms with E-state index in [9.17, 15) is 13.6 Å². The summed E-state index contributed by atoms with van der Waals surface area (Å²) in [4.78, 5) is 16.2. The van der Waals surface area contributed by atoms with Crippen molar-refractivity contribution in [3.63, 3.8) is 0 Å². The first kappa shape index (κ1) is 19.5. The van der Waals surface area contributed by atoms with Crippen molar-refractivity contribution < 1.29 is 22.7 Å². The predicted octanol–water partition coefficient (Wildman–Crippen LogP) is 2.97. The first-order valence-corrected chi connectivity index (χ1v) is 9.39. The summed E-state index contributed by atoms with van der Waals surface area (Å²) in [6.45, 7) is 3.81. The molecule has 1 amide bonds. The molecule has 1 fully saturated rings. The van der Waals surface area contributed by atoms with Crippen LogP contribution in [-0.4, -0.2) is 43.7 Å². The predicted molar refractivity (Wildman–Crippen MR) is 104 cm³/mol. The second-order valence-corrected chi connectivity index (χ2v) is 7.06. The molecule has 6 nitrogen and oxygen atoms in total. The minimum Gasteiger partial charge on any atom is -0.454 e. The second-order valence-electron chi connectivity index (χ2n) is 7.06. The van der Waals surface area contributed by atoms with E-state index in [-0.39, 0.29) is 23.0 Å². The van der Waals surface area contributed by atoms with Crippen LogP contribution < -0.4 is 10.6 Å². The number of ether oxygens (including phenoxy) is 1. The molecular formula is C21H21F2N3O3. The van der Waals surface area contributed by atoms with Gasteiger partial charge in [0.2, 0.25) is 0 Å². The number of fused-ring (bicyclic) bond motifs is 1. The summed E-state index contributed by atoms with van der Waals surface area (Å²) in [6, 6.07) is 3.79. The molecule has 4 rings (SSSR count). The Morgan fingerprint density at radius 1 is 1.31 bits per heavy atom. The van der Waals surface area contributed by atoms with Crippen LogP contribution in [0.1, 0.15) is 21.5 Å². The Morgan fingerprint density at radius 3 is 2.72 bits per heavy atom. The third-order valence-electron chi connectivity index (χ3n) is 4.96. The number of aromatic nitrogens is 1. The van der Waals surface area contributed by atoms with Gasteiger partial charge in [0.1, 0.15) is 22.9 Å². The molecule has 8 heteroatoms. The van der Waals surface area contributed by atoms with Crippen molar-refractivity contribution in [2.75, 3.05) is 26.7 Å². The molecule has 152 valence electrons. The number of furan rings is 1. The molecule has 1 aromatic carbocycles. The third kappa shape index (κ3) is 3.73. The summed E-state index contributed by atoms with van der Waals surface area (Å²) in [5.41, 5.74) is 2.04. The minimum absolute atomic E-state index is 0.0748. The number of rotatable bonds is 4. The monoisotopic (exact) mass is 401 g/mol. The highest BCUT2D eigenvalue weighted by Gasteiger charge is 2.27. The van der Waals surface area contributed by atoms with Gasteiger partial charge >= 0.3 is 0 Å². The molecule has 0 saturated carbocycles. The summed E-state index contributed by atoms with van der Waals surface area (Å²) in [6.07, 6.45) is 1.91. The van der Waals surface area contributed by atoms with Crippen molar-refractivity contribution in [1.82, 2.24) is 15.6 Å². The number of hydrogen-bond donors (Lipinski definition) is 2. The molecule has 1 aliphatic heterocycles. The first-order valence-electron chi connectivity index (χ1n) is 9.39. The largest absolute Gasteiger partial charge is 0.454 e. The summed E-state index contributed by atoms with van der Waals surface area (Å²) < 4.78 is 41.5. The smallest absolute Gasteiger partial charge is 0.251 e. The molecule has 1 atom stereocenters. The average Bonchev–Trinajstić information content (AvgIpc) is 3.04. The summed E-state index contributed by atoms with van der Waals surface area (Å²) >= 11 is 0. The van der Waals surface area contributed by atoms with E-state index >= 15 is 0 Å². The van der Waals surface area contributed by atoms with Gasteiger partial charge in [-0.05, 0) is 30.7 Å². The van der Waals surface area contributed by atoms with Crippen molar-refractivity contribution in [3.8, 4) is 11.3 Å². The highest BCUT2D eigenvalue weighted by Crippen LogP contribution is 2.37. The van der Waals surface area contributed by atoms with Gasteiger partial charge in [-0.25, -0.2) is 8.78 Å². The van der Waals surface area contributed by atoms with Crippen molar-refractivity contribution in [1.29, 1.82) is 0 Å². The highest BCUT2D eigenvalue weighted by atomic mass is 19.1. The lowest BCUT2D eigenvalue weighted by Gasteiger charge is -2.23. The maximum absolute atomic E-state index is 14.9. The van der Waals surface area contributed by atoms with E-state index in [1.54, 1.807) is 12.3 Å². The number of halogens is 2. The lowest BCUT2D eigenvalue weighted by molar-refractivity contribution is 0.0294. The SMILES string of the molecule is CNC(=O)c1cc(F)c(-c2oc3cc(C)cnc3c2CC2CNCCO2)c(F)c1. The van der Waals surface area contributed by atoms with Gasteiger partial charge in [0.15, 0.2) is 5.58 Å². The van der Waals surface area contributed by atoms with Crippen LogP contribution >= 0.6 is 0 Å². The van der Waals surface area contributed by atoms with Gasteiger partial charge in [-0.2, -0.15) is 0 Å². The van der Waals surface area contributed by atoms with Gasteiger partial charge in [-0.3, -0.25) is 9.78 Å². The number of amides is 1. The van der Waals surface area contributed by atoms with Crippen LogP contribution in [0.25, 0.3) is 22.4 Å². The molecule has 1 aliphatic rings. The Morgan fingerprint density at radius 2 is 2.07 bits per heavy atom. The number of carbonyl (C=O) groups is 1. The Balaban J connectivity index is 1.86. The van der Waals surface area contributed by atoms with E-state index in [4.69, 9.17) is 9.15 Å². The fourth-order valence-corrected chi connectivity index (χ4v) is 3.56. The molecule has 0 bridgehead atoms. The molecular weight excluding hydrogens is 380 g/mol. The lowest BCUT2D eigenvalue weighted by atomic mass is 9.99. The van der Waals surface area contributed by atoms with Crippen LogP contribution in [0.4, 0.5) is 8.78 Å². The van der Waals surface area contributed by atoms with Crippen LogP contribution in [0, 0.1) is 18.6 Å². The number of benzene rings is 1. The van der Waals surface area contributed by atoms with Gasteiger partial charge < -0.3 is 19.8 Å². The van der Waals surface area contributed by atoms with Crippen molar-refractivity contribution in [2.24, 2.45) is 0 Å². The maximum atomic E-state index is 14.9. The van der Waals surface area contributed by atoms with Gasteiger partial charge in [-0.15, -0.1) is 0 Å². The average molecular weight is 401 g/mol. The molecule has 0 spiro atoms. The molecule has 2 N–H and O–H groups in total. The zero-order valence-electron chi connectivity index (χ0n) is 16.1. The fraction of sp³-hybridized carbons (Fsp3) is 0.333. The molecule has 3 aromatic rings. The molecule has 0 radical (unpaired) electrons. The number of morpholine rings is 1. The number of pyridine rings is 1. The lowest BCUT2D eigenvalue weighted by Crippen LogP contribution is -2.39. The van der Waals surface area contributed by atoms with Gasteiger partial charge in [0.25, 0.3) is 5.91 Å². The van der Waals surface area contributed by atoms with Crippen LogP contribution in [0.15, 0.2) is 28.8 Å². The van der Waals surface area contributed by atoms with Gasteiger partial charge in [-0.1, -0.05) is 0 Å². The van der Waals surface area contributed by atoms with Crippen LogP contribution in [0.2, 0.25) is 0 Å². The molecule has 3 heterocycles. The van der Waals surface area contributed by atoms with E-state index < -0.39 is 17.5 Å². The Kier molecular flexibility index (Phi) is 5.29. The number of hydrogen-bond acceptors (Lipinski definition) is 5. The Bertz CT molecular complexity index is 1050. The molecule has 0 aliphatic carbocycles. The van der Waals surface area contributed by atoms with E-state index in [0.29, 0.717) is 36.2 Å². The van der Waals surface area contributed by atoms with Crippen LogP contribution in [-0.2, 0) is 11.2 Å². The number of aryl methyl sites for hydroxylation is 1. The summed E-state index contributed by atoms with van der Waals surface area (Å²) in [7, 11) is 1.40. The minimum atomic E-state index is -0.872.